The van der Waals surface area contributed by atoms with Crippen LogP contribution in [0.5, 0.6) is 0 Å². The molecule has 1 fully saturated rings. The molecule has 1 aliphatic rings. The number of hydrazine groups is 1. The highest BCUT2D eigenvalue weighted by Crippen LogP contribution is 2.18. The molecule has 6 nitrogen and oxygen atoms in total. The minimum atomic E-state index is 0.281. The molecule has 3 N–H and O–H groups in total. The molecular weight excluding hydrogens is 226 g/mol. The summed E-state index contributed by atoms with van der Waals surface area (Å²) in [6, 6.07) is 0. The quantitative estimate of drug-likeness (QED) is 0.592. The molecule has 0 aliphatic carbocycles. The van der Waals surface area contributed by atoms with Crippen molar-refractivity contribution in [3.8, 4) is 0 Å². The van der Waals surface area contributed by atoms with E-state index in [4.69, 9.17) is 10.6 Å². The largest absolute Gasteiger partial charge is 0.373 e. The third-order valence-electron chi connectivity index (χ3n) is 2.44. The number of hydrogen-bond acceptors (Lipinski definition) is 7. The van der Waals surface area contributed by atoms with E-state index in [0.717, 1.165) is 24.6 Å². The lowest BCUT2D eigenvalue weighted by Crippen LogP contribution is -2.44. The van der Waals surface area contributed by atoms with Crippen LogP contribution in [0.2, 0.25) is 0 Å². The van der Waals surface area contributed by atoms with Crippen molar-refractivity contribution in [1.29, 1.82) is 0 Å². The zero-order valence-corrected chi connectivity index (χ0v) is 10.3. The summed E-state index contributed by atoms with van der Waals surface area (Å²) < 4.78 is 5.67. The minimum Gasteiger partial charge on any atom is -0.373 e. The molecule has 1 aliphatic heterocycles. The van der Waals surface area contributed by atoms with Crippen LogP contribution in [0, 0.1) is 0 Å². The van der Waals surface area contributed by atoms with Crippen molar-refractivity contribution >= 4 is 16.5 Å². The van der Waals surface area contributed by atoms with Gasteiger partial charge in [-0.25, -0.2) is 5.84 Å². The molecule has 16 heavy (non-hydrogen) atoms. The smallest absolute Gasteiger partial charge is 0.219 e. The number of nitrogen functional groups attached to an aromatic ring is 1. The van der Waals surface area contributed by atoms with E-state index < -0.39 is 0 Å². The fourth-order valence-corrected chi connectivity index (χ4v) is 2.67. The van der Waals surface area contributed by atoms with Gasteiger partial charge in [0.2, 0.25) is 5.13 Å². The van der Waals surface area contributed by atoms with Crippen molar-refractivity contribution < 1.29 is 4.74 Å². The highest BCUT2D eigenvalue weighted by atomic mass is 32.1. The number of aromatic nitrogens is 2. The first-order valence-electron chi connectivity index (χ1n) is 5.34. The van der Waals surface area contributed by atoms with Crippen LogP contribution in [0.1, 0.15) is 18.9 Å². The van der Waals surface area contributed by atoms with E-state index in [9.17, 15) is 0 Å². The summed E-state index contributed by atoms with van der Waals surface area (Å²) in [5.41, 5.74) is 2.50. The number of morpholine rings is 1. The number of nitrogens with zero attached hydrogens (tertiary/aromatic N) is 3. The lowest BCUT2D eigenvalue weighted by Gasteiger charge is -2.34. The van der Waals surface area contributed by atoms with Crippen LogP contribution in [0.4, 0.5) is 5.13 Å². The van der Waals surface area contributed by atoms with E-state index in [2.05, 4.69) is 34.4 Å². The van der Waals surface area contributed by atoms with E-state index in [1.807, 2.05) is 0 Å². The predicted molar refractivity (Wildman–Crippen MR) is 63.0 cm³/mol. The molecule has 1 saturated heterocycles. The number of nitrogens with one attached hydrogen (secondary N) is 1. The van der Waals surface area contributed by atoms with Gasteiger partial charge in [-0.3, -0.25) is 10.3 Å². The van der Waals surface area contributed by atoms with Gasteiger partial charge in [-0.1, -0.05) is 11.3 Å². The molecule has 7 heteroatoms. The van der Waals surface area contributed by atoms with E-state index in [1.54, 1.807) is 0 Å². The summed E-state index contributed by atoms with van der Waals surface area (Å²) >= 11 is 1.49. The highest BCUT2D eigenvalue weighted by molar-refractivity contribution is 7.15. The van der Waals surface area contributed by atoms with Crippen molar-refractivity contribution in [2.45, 2.75) is 32.6 Å². The van der Waals surface area contributed by atoms with Gasteiger partial charge in [-0.05, 0) is 13.8 Å². The van der Waals surface area contributed by atoms with E-state index in [-0.39, 0.29) is 12.2 Å². The normalized spacial score (nSPS) is 26.9. The number of rotatable bonds is 3. The third-order valence-corrected chi connectivity index (χ3v) is 3.28. The monoisotopic (exact) mass is 243 g/mol. The zero-order valence-electron chi connectivity index (χ0n) is 9.51. The molecule has 0 aromatic carbocycles. The van der Waals surface area contributed by atoms with Crippen molar-refractivity contribution in [3.05, 3.63) is 5.01 Å². The van der Waals surface area contributed by atoms with Crippen molar-refractivity contribution in [3.63, 3.8) is 0 Å². The molecule has 1 aromatic heterocycles. The Morgan fingerprint density at radius 3 is 2.69 bits per heavy atom. The Balaban J connectivity index is 1.93. The highest BCUT2D eigenvalue weighted by Gasteiger charge is 2.22. The zero-order chi connectivity index (χ0) is 11.5. The van der Waals surface area contributed by atoms with Crippen molar-refractivity contribution in [2.75, 3.05) is 18.5 Å². The summed E-state index contributed by atoms with van der Waals surface area (Å²) in [6.07, 6.45) is 0.563. The third kappa shape index (κ3) is 2.88. The van der Waals surface area contributed by atoms with Crippen LogP contribution in [-0.2, 0) is 11.3 Å². The summed E-state index contributed by atoms with van der Waals surface area (Å²) in [7, 11) is 0. The summed E-state index contributed by atoms with van der Waals surface area (Å²) in [5, 5.41) is 9.63. The Hall–Kier alpha value is -0.760. The summed E-state index contributed by atoms with van der Waals surface area (Å²) in [6.45, 7) is 6.88. The fraction of sp³-hybridized carbons (Fsp3) is 0.778. The van der Waals surface area contributed by atoms with Crippen molar-refractivity contribution in [2.24, 2.45) is 5.84 Å². The molecule has 0 amide bonds. The lowest BCUT2D eigenvalue weighted by atomic mass is 10.2. The molecule has 0 saturated carbocycles. The van der Waals surface area contributed by atoms with Gasteiger partial charge in [-0.15, -0.1) is 10.2 Å². The van der Waals surface area contributed by atoms with Crippen LogP contribution in [-0.4, -0.2) is 40.4 Å². The molecule has 0 unspecified atom stereocenters. The number of ether oxygens (including phenoxy) is 1. The second kappa shape index (κ2) is 5.05. The van der Waals surface area contributed by atoms with E-state index in [1.165, 1.54) is 11.3 Å². The fourth-order valence-electron chi connectivity index (χ4n) is 1.98. The first-order chi connectivity index (χ1) is 7.67. The maximum atomic E-state index is 5.67. The Bertz CT molecular complexity index is 334. The molecule has 1 aromatic rings. The van der Waals surface area contributed by atoms with Crippen LogP contribution in [0.3, 0.4) is 0 Å². The molecule has 2 rings (SSSR count). The van der Waals surface area contributed by atoms with Gasteiger partial charge in [0.25, 0.3) is 0 Å². The Kier molecular flexibility index (Phi) is 3.70. The van der Waals surface area contributed by atoms with Gasteiger partial charge in [-0.2, -0.15) is 0 Å². The van der Waals surface area contributed by atoms with E-state index in [0.29, 0.717) is 5.13 Å². The van der Waals surface area contributed by atoms with Gasteiger partial charge in [0.05, 0.1) is 18.8 Å². The second-order valence-electron chi connectivity index (χ2n) is 4.10. The molecule has 90 valence electrons. The standard InChI is InChI=1S/C9H17N5OS/c1-6-3-14(4-7(2)15-6)5-8-12-13-9(11-10)16-8/h6-7H,3-5,10H2,1-2H3,(H,11,13)/t6-,7+. The van der Waals surface area contributed by atoms with E-state index >= 15 is 0 Å². The van der Waals surface area contributed by atoms with Gasteiger partial charge < -0.3 is 4.74 Å². The first kappa shape index (κ1) is 11.7. The SMILES string of the molecule is C[C@@H]1CN(Cc2nnc(NN)s2)C[C@H](C)O1. The molecule has 2 atom stereocenters. The Morgan fingerprint density at radius 2 is 2.12 bits per heavy atom. The lowest BCUT2D eigenvalue weighted by molar-refractivity contribution is -0.0705. The Labute approximate surface area is 98.8 Å². The molecule has 0 spiro atoms. The number of nitrogens with two attached hydrogens (primary N) is 1. The van der Waals surface area contributed by atoms with Gasteiger partial charge in [0.15, 0.2) is 0 Å². The maximum Gasteiger partial charge on any atom is 0.219 e. The van der Waals surface area contributed by atoms with Crippen LogP contribution >= 0.6 is 11.3 Å². The molecule has 0 bridgehead atoms. The average molecular weight is 243 g/mol. The summed E-state index contributed by atoms with van der Waals surface area (Å²) in [4.78, 5) is 2.33. The second-order valence-corrected chi connectivity index (χ2v) is 5.16. The van der Waals surface area contributed by atoms with Crippen LogP contribution < -0.4 is 11.3 Å². The number of anilines is 1. The van der Waals surface area contributed by atoms with Gasteiger partial charge in [0.1, 0.15) is 5.01 Å². The summed E-state index contributed by atoms with van der Waals surface area (Å²) in [5.74, 6) is 5.26. The topological polar surface area (TPSA) is 76.3 Å². The number of hydrogen-bond donors (Lipinski definition) is 2. The molecule has 2 heterocycles. The predicted octanol–water partition coefficient (Wildman–Crippen LogP) is 0.433. The average Bonchev–Trinajstić information content (AvgIpc) is 2.64. The minimum absolute atomic E-state index is 0.281. The van der Waals surface area contributed by atoms with Crippen LogP contribution in [0.15, 0.2) is 0 Å². The molecule has 0 radical (unpaired) electrons. The van der Waals surface area contributed by atoms with Crippen LogP contribution in [0.25, 0.3) is 0 Å². The Morgan fingerprint density at radius 1 is 1.44 bits per heavy atom. The van der Waals surface area contributed by atoms with Gasteiger partial charge >= 0.3 is 0 Å². The molecular formula is C9H17N5OS. The van der Waals surface area contributed by atoms with Crippen molar-refractivity contribution in [1.82, 2.24) is 15.1 Å². The van der Waals surface area contributed by atoms with Gasteiger partial charge in [0, 0.05) is 13.1 Å². The maximum absolute atomic E-state index is 5.67. The first-order valence-corrected chi connectivity index (χ1v) is 6.16.